The first-order valence-electron chi connectivity index (χ1n) is 4.82. The van der Waals surface area contributed by atoms with Gasteiger partial charge in [0.05, 0.1) is 0 Å². The third-order valence-electron chi connectivity index (χ3n) is 2.12. The van der Waals surface area contributed by atoms with Gasteiger partial charge >= 0.3 is 0 Å². The zero-order valence-corrected chi connectivity index (χ0v) is 10.5. The largest absolute Gasteiger partial charge is 0.436 e. The van der Waals surface area contributed by atoms with Crippen LogP contribution >= 0.6 is 15.9 Å². The van der Waals surface area contributed by atoms with Crippen LogP contribution in [0.1, 0.15) is 5.56 Å². The van der Waals surface area contributed by atoms with Gasteiger partial charge in [-0.05, 0) is 41.1 Å². The molecule has 0 bridgehead atoms. The van der Waals surface area contributed by atoms with E-state index in [1.807, 2.05) is 0 Å². The number of halogens is 3. The van der Waals surface area contributed by atoms with Gasteiger partial charge in [0.15, 0.2) is 11.6 Å². The van der Waals surface area contributed by atoms with Gasteiger partial charge in [0.1, 0.15) is 0 Å². The normalized spacial score (nSPS) is 10.4. The van der Waals surface area contributed by atoms with Crippen molar-refractivity contribution in [3.63, 3.8) is 0 Å². The minimum atomic E-state index is -1.02. The highest BCUT2D eigenvalue weighted by Crippen LogP contribution is 2.27. The highest BCUT2D eigenvalue weighted by molar-refractivity contribution is 9.10. The Hall–Kier alpha value is -1.49. The van der Waals surface area contributed by atoms with E-state index in [4.69, 9.17) is 4.74 Å². The van der Waals surface area contributed by atoms with Crippen LogP contribution in [-0.2, 0) is 0 Å². The molecule has 0 saturated carbocycles. The minimum Gasteiger partial charge on any atom is -0.436 e. The molecule has 0 aliphatic heterocycles. The minimum absolute atomic E-state index is 0.178. The van der Waals surface area contributed by atoms with Crippen molar-refractivity contribution in [2.24, 2.45) is 0 Å². The molecule has 0 fully saturated rings. The Morgan fingerprint density at radius 3 is 2.76 bits per heavy atom. The van der Waals surface area contributed by atoms with Gasteiger partial charge in [0.25, 0.3) is 0 Å². The van der Waals surface area contributed by atoms with E-state index in [0.717, 1.165) is 16.1 Å². The summed E-state index contributed by atoms with van der Waals surface area (Å²) >= 11 is 3.26. The number of rotatable bonds is 2. The summed E-state index contributed by atoms with van der Waals surface area (Å²) in [7, 11) is 0. The second kappa shape index (κ2) is 4.79. The van der Waals surface area contributed by atoms with E-state index in [1.165, 1.54) is 18.3 Å². The number of hydrogen-bond donors (Lipinski definition) is 0. The van der Waals surface area contributed by atoms with E-state index in [-0.39, 0.29) is 11.6 Å². The molecule has 88 valence electrons. The summed E-state index contributed by atoms with van der Waals surface area (Å²) in [4.78, 5) is 3.99. The molecule has 0 spiro atoms. The van der Waals surface area contributed by atoms with Gasteiger partial charge in [-0.1, -0.05) is 6.07 Å². The summed E-state index contributed by atoms with van der Waals surface area (Å²) in [6.45, 7) is 1.77. The number of benzene rings is 1. The van der Waals surface area contributed by atoms with Crippen LogP contribution in [0.4, 0.5) is 8.78 Å². The summed E-state index contributed by atoms with van der Waals surface area (Å²) in [6.07, 6.45) is 1.53. The SMILES string of the molecule is Cc1cc(Br)cnc1Oc1cccc(F)c1F. The quantitative estimate of drug-likeness (QED) is 0.828. The van der Waals surface area contributed by atoms with Crippen LogP contribution in [0.5, 0.6) is 11.6 Å². The van der Waals surface area contributed by atoms with Crippen molar-refractivity contribution in [2.45, 2.75) is 6.92 Å². The smallest absolute Gasteiger partial charge is 0.222 e. The van der Waals surface area contributed by atoms with Gasteiger partial charge in [0, 0.05) is 16.2 Å². The van der Waals surface area contributed by atoms with Gasteiger partial charge in [-0.15, -0.1) is 0 Å². The first-order chi connectivity index (χ1) is 8.08. The molecule has 0 atom stereocenters. The maximum Gasteiger partial charge on any atom is 0.222 e. The Morgan fingerprint density at radius 2 is 2.06 bits per heavy atom. The number of aromatic nitrogens is 1. The van der Waals surface area contributed by atoms with Crippen LogP contribution in [0.3, 0.4) is 0 Å². The number of nitrogens with zero attached hydrogens (tertiary/aromatic N) is 1. The van der Waals surface area contributed by atoms with Crippen LogP contribution in [0.2, 0.25) is 0 Å². The molecular weight excluding hydrogens is 292 g/mol. The van der Waals surface area contributed by atoms with E-state index >= 15 is 0 Å². The van der Waals surface area contributed by atoms with Gasteiger partial charge in [-0.25, -0.2) is 9.37 Å². The van der Waals surface area contributed by atoms with Crippen LogP contribution in [0, 0.1) is 18.6 Å². The summed E-state index contributed by atoms with van der Waals surface area (Å²) in [5.74, 6) is -1.89. The van der Waals surface area contributed by atoms with Crippen LogP contribution in [-0.4, -0.2) is 4.98 Å². The third-order valence-corrected chi connectivity index (χ3v) is 2.55. The molecule has 17 heavy (non-hydrogen) atoms. The predicted octanol–water partition coefficient (Wildman–Crippen LogP) is 4.22. The van der Waals surface area contributed by atoms with E-state index in [2.05, 4.69) is 20.9 Å². The van der Waals surface area contributed by atoms with Crippen molar-refractivity contribution in [1.82, 2.24) is 4.98 Å². The van der Waals surface area contributed by atoms with Gasteiger partial charge in [-0.2, -0.15) is 4.39 Å². The summed E-state index contributed by atoms with van der Waals surface area (Å²) in [6, 6.07) is 5.53. The van der Waals surface area contributed by atoms with Crippen molar-refractivity contribution in [3.8, 4) is 11.6 Å². The summed E-state index contributed by atoms with van der Waals surface area (Å²) in [5, 5.41) is 0. The summed E-state index contributed by atoms with van der Waals surface area (Å²) in [5.41, 5.74) is 0.725. The molecule has 0 aliphatic carbocycles. The Bertz CT molecular complexity index is 560. The molecule has 0 radical (unpaired) electrons. The molecule has 1 aromatic carbocycles. The second-order valence-corrected chi connectivity index (χ2v) is 4.35. The Morgan fingerprint density at radius 1 is 1.29 bits per heavy atom. The molecule has 2 nitrogen and oxygen atoms in total. The molecule has 0 N–H and O–H groups in total. The molecule has 0 aliphatic rings. The highest BCUT2D eigenvalue weighted by atomic mass is 79.9. The Labute approximate surface area is 105 Å². The number of pyridine rings is 1. The molecule has 0 amide bonds. The van der Waals surface area contributed by atoms with Gasteiger partial charge < -0.3 is 4.74 Å². The fourth-order valence-electron chi connectivity index (χ4n) is 1.30. The zero-order valence-electron chi connectivity index (χ0n) is 8.88. The lowest BCUT2D eigenvalue weighted by Gasteiger charge is -2.08. The molecule has 0 saturated heterocycles. The van der Waals surface area contributed by atoms with Crippen molar-refractivity contribution in [3.05, 3.63) is 52.1 Å². The van der Waals surface area contributed by atoms with Crippen molar-refractivity contribution < 1.29 is 13.5 Å². The number of ether oxygens (including phenoxy) is 1. The lowest BCUT2D eigenvalue weighted by molar-refractivity contribution is 0.403. The molecule has 1 aromatic heterocycles. The number of aryl methyl sites for hydroxylation is 1. The van der Waals surface area contributed by atoms with E-state index < -0.39 is 11.6 Å². The fraction of sp³-hybridized carbons (Fsp3) is 0.0833. The lowest BCUT2D eigenvalue weighted by atomic mass is 10.3. The van der Waals surface area contributed by atoms with Crippen molar-refractivity contribution in [2.75, 3.05) is 0 Å². The summed E-state index contributed by atoms with van der Waals surface area (Å²) < 4.78 is 32.3. The first-order valence-corrected chi connectivity index (χ1v) is 5.61. The van der Waals surface area contributed by atoms with E-state index in [0.29, 0.717) is 0 Å². The van der Waals surface area contributed by atoms with Crippen LogP contribution in [0.15, 0.2) is 34.9 Å². The topological polar surface area (TPSA) is 22.1 Å². The van der Waals surface area contributed by atoms with Gasteiger partial charge in [0.2, 0.25) is 11.7 Å². The van der Waals surface area contributed by atoms with Crippen LogP contribution in [0.25, 0.3) is 0 Å². The van der Waals surface area contributed by atoms with E-state index in [1.54, 1.807) is 13.0 Å². The van der Waals surface area contributed by atoms with E-state index in [9.17, 15) is 8.78 Å². The lowest BCUT2D eigenvalue weighted by Crippen LogP contribution is -1.95. The van der Waals surface area contributed by atoms with Crippen LogP contribution < -0.4 is 4.74 Å². The molecule has 2 rings (SSSR count). The zero-order chi connectivity index (χ0) is 12.4. The molecular formula is C12H8BrF2NO. The van der Waals surface area contributed by atoms with Crippen molar-refractivity contribution >= 4 is 15.9 Å². The second-order valence-electron chi connectivity index (χ2n) is 3.43. The maximum absolute atomic E-state index is 13.4. The Balaban J connectivity index is 2.35. The number of hydrogen-bond acceptors (Lipinski definition) is 2. The molecule has 2 aromatic rings. The van der Waals surface area contributed by atoms with Crippen molar-refractivity contribution in [1.29, 1.82) is 0 Å². The highest BCUT2D eigenvalue weighted by Gasteiger charge is 2.11. The molecule has 5 heteroatoms. The monoisotopic (exact) mass is 299 g/mol. The Kier molecular flexibility index (Phi) is 3.38. The predicted molar refractivity (Wildman–Crippen MR) is 63.1 cm³/mol. The fourth-order valence-corrected chi connectivity index (χ4v) is 1.75. The average molecular weight is 300 g/mol. The third kappa shape index (κ3) is 2.61. The molecule has 1 heterocycles. The van der Waals surface area contributed by atoms with Gasteiger partial charge in [-0.3, -0.25) is 0 Å². The molecule has 0 unspecified atom stereocenters. The maximum atomic E-state index is 13.4. The first kappa shape index (κ1) is 12.0. The standard InChI is InChI=1S/C12H8BrF2NO/c1-7-5-8(13)6-16-12(7)17-10-4-2-3-9(14)11(10)15/h2-6H,1H3. The average Bonchev–Trinajstić information content (AvgIpc) is 2.28.